The molecule has 1 aromatic rings. The van der Waals surface area contributed by atoms with Gasteiger partial charge in [0.1, 0.15) is 0 Å². The van der Waals surface area contributed by atoms with Crippen LogP contribution in [0.25, 0.3) is 0 Å². The number of pyridine rings is 1. The smallest absolute Gasteiger partial charge is 0.0419 e. The molecule has 1 atom stereocenters. The number of rotatable bonds is 3. The maximum absolute atomic E-state index is 6.11. The summed E-state index contributed by atoms with van der Waals surface area (Å²) in [5.74, 6) is 0.748. The van der Waals surface area contributed by atoms with E-state index in [0.29, 0.717) is 6.04 Å². The first kappa shape index (κ1) is 9.66. The van der Waals surface area contributed by atoms with E-state index in [4.69, 9.17) is 5.73 Å². The molecule has 1 heterocycles. The van der Waals surface area contributed by atoms with Gasteiger partial charge in [-0.1, -0.05) is 12.5 Å². The molecule has 1 unspecified atom stereocenters. The summed E-state index contributed by atoms with van der Waals surface area (Å²) < 4.78 is 0. The van der Waals surface area contributed by atoms with Crippen molar-refractivity contribution in [3.8, 4) is 0 Å². The lowest BCUT2D eigenvalue weighted by Crippen LogP contribution is -2.36. The molecule has 2 rings (SSSR count). The highest BCUT2D eigenvalue weighted by Gasteiger charge is 2.24. The van der Waals surface area contributed by atoms with E-state index in [-0.39, 0.29) is 0 Å². The summed E-state index contributed by atoms with van der Waals surface area (Å²) in [4.78, 5) is 4.38. The summed E-state index contributed by atoms with van der Waals surface area (Å²) in [6.07, 6.45) is 6.84. The second kappa shape index (κ2) is 4.09. The zero-order valence-corrected chi connectivity index (χ0v) is 8.74. The predicted molar refractivity (Wildman–Crippen MR) is 58.0 cm³/mol. The Morgan fingerprint density at radius 1 is 1.50 bits per heavy atom. The molecule has 1 aliphatic carbocycles. The normalized spacial score (nSPS) is 19.0. The molecule has 1 aromatic heterocycles. The molecule has 1 saturated carbocycles. The van der Waals surface area contributed by atoms with Crippen molar-refractivity contribution in [2.75, 3.05) is 0 Å². The number of hydrogen-bond acceptors (Lipinski definition) is 2. The SMILES string of the molecule is Cc1ccc(CC(N)C2CCC2)nc1. The van der Waals surface area contributed by atoms with E-state index >= 15 is 0 Å². The second-order valence-corrected chi connectivity index (χ2v) is 4.39. The van der Waals surface area contributed by atoms with Gasteiger partial charge in [0.05, 0.1) is 0 Å². The van der Waals surface area contributed by atoms with Crippen molar-refractivity contribution < 1.29 is 0 Å². The minimum absolute atomic E-state index is 0.318. The average Bonchev–Trinajstić information content (AvgIpc) is 2.06. The monoisotopic (exact) mass is 190 g/mol. The minimum Gasteiger partial charge on any atom is -0.327 e. The first-order chi connectivity index (χ1) is 6.75. The van der Waals surface area contributed by atoms with E-state index in [0.717, 1.165) is 18.0 Å². The zero-order valence-electron chi connectivity index (χ0n) is 8.74. The molecule has 1 fully saturated rings. The molecule has 1 aliphatic rings. The fourth-order valence-corrected chi connectivity index (χ4v) is 1.90. The molecular weight excluding hydrogens is 172 g/mol. The number of nitrogens with zero attached hydrogens (tertiary/aromatic N) is 1. The van der Waals surface area contributed by atoms with E-state index in [1.807, 2.05) is 6.20 Å². The molecule has 2 N–H and O–H groups in total. The van der Waals surface area contributed by atoms with Crippen LogP contribution in [0.3, 0.4) is 0 Å². The van der Waals surface area contributed by atoms with Crippen molar-refractivity contribution in [1.29, 1.82) is 0 Å². The van der Waals surface area contributed by atoms with E-state index in [2.05, 4.69) is 24.0 Å². The molecule has 0 bridgehead atoms. The number of aromatic nitrogens is 1. The van der Waals surface area contributed by atoms with Crippen LogP contribution in [-0.4, -0.2) is 11.0 Å². The first-order valence-electron chi connectivity index (χ1n) is 5.43. The molecule has 14 heavy (non-hydrogen) atoms. The zero-order chi connectivity index (χ0) is 9.97. The Morgan fingerprint density at radius 3 is 2.79 bits per heavy atom. The van der Waals surface area contributed by atoms with Gasteiger partial charge in [-0.25, -0.2) is 0 Å². The van der Waals surface area contributed by atoms with Crippen LogP contribution in [0, 0.1) is 12.8 Å². The lowest BCUT2D eigenvalue weighted by atomic mass is 9.78. The van der Waals surface area contributed by atoms with Crippen molar-refractivity contribution in [3.05, 3.63) is 29.6 Å². The lowest BCUT2D eigenvalue weighted by Gasteiger charge is -2.31. The molecule has 0 saturated heterocycles. The van der Waals surface area contributed by atoms with Crippen molar-refractivity contribution in [2.24, 2.45) is 11.7 Å². The topological polar surface area (TPSA) is 38.9 Å². The van der Waals surface area contributed by atoms with Gasteiger partial charge in [-0.3, -0.25) is 4.98 Å². The van der Waals surface area contributed by atoms with Crippen LogP contribution in [0.2, 0.25) is 0 Å². The van der Waals surface area contributed by atoms with Crippen LogP contribution in [0.15, 0.2) is 18.3 Å². The Morgan fingerprint density at radius 2 is 2.29 bits per heavy atom. The Kier molecular flexibility index (Phi) is 2.82. The highest BCUT2D eigenvalue weighted by atomic mass is 14.7. The summed E-state index contributed by atoms with van der Waals surface area (Å²) in [6, 6.07) is 4.52. The van der Waals surface area contributed by atoms with Gasteiger partial charge in [0.15, 0.2) is 0 Å². The molecule has 2 nitrogen and oxygen atoms in total. The Labute approximate surface area is 85.5 Å². The summed E-state index contributed by atoms with van der Waals surface area (Å²) in [6.45, 7) is 2.06. The third kappa shape index (κ3) is 2.13. The van der Waals surface area contributed by atoms with Gasteiger partial charge in [-0.2, -0.15) is 0 Å². The Hall–Kier alpha value is -0.890. The van der Waals surface area contributed by atoms with Crippen LogP contribution in [0.5, 0.6) is 0 Å². The first-order valence-corrected chi connectivity index (χ1v) is 5.43. The Balaban J connectivity index is 1.92. The van der Waals surface area contributed by atoms with Crippen LogP contribution in [0.1, 0.15) is 30.5 Å². The van der Waals surface area contributed by atoms with Crippen LogP contribution in [-0.2, 0) is 6.42 Å². The van der Waals surface area contributed by atoms with E-state index in [1.54, 1.807) is 0 Å². The highest BCUT2D eigenvalue weighted by Crippen LogP contribution is 2.29. The van der Waals surface area contributed by atoms with Crippen molar-refractivity contribution >= 4 is 0 Å². The maximum Gasteiger partial charge on any atom is 0.0419 e. The molecule has 2 heteroatoms. The summed E-state index contributed by atoms with van der Waals surface area (Å²) in [7, 11) is 0. The average molecular weight is 190 g/mol. The molecule has 0 aromatic carbocycles. The van der Waals surface area contributed by atoms with Gasteiger partial charge >= 0.3 is 0 Å². The van der Waals surface area contributed by atoms with Gasteiger partial charge in [-0.15, -0.1) is 0 Å². The second-order valence-electron chi connectivity index (χ2n) is 4.39. The minimum atomic E-state index is 0.318. The van der Waals surface area contributed by atoms with Gasteiger partial charge in [0.25, 0.3) is 0 Å². The quantitative estimate of drug-likeness (QED) is 0.792. The van der Waals surface area contributed by atoms with Crippen LogP contribution >= 0.6 is 0 Å². The van der Waals surface area contributed by atoms with Crippen molar-refractivity contribution in [3.63, 3.8) is 0 Å². The third-order valence-corrected chi connectivity index (χ3v) is 3.17. The van der Waals surface area contributed by atoms with Gasteiger partial charge < -0.3 is 5.73 Å². The van der Waals surface area contributed by atoms with Crippen LogP contribution in [0.4, 0.5) is 0 Å². The predicted octanol–water partition coefficient (Wildman–Crippen LogP) is 2.06. The number of hydrogen-bond donors (Lipinski definition) is 1. The fourth-order valence-electron chi connectivity index (χ4n) is 1.90. The van der Waals surface area contributed by atoms with E-state index < -0.39 is 0 Å². The molecule has 0 amide bonds. The van der Waals surface area contributed by atoms with E-state index in [9.17, 15) is 0 Å². The standard InChI is InChI=1S/C12H18N2/c1-9-5-6-11(14-8-9)7-12(13)10-3-2-4-10/h5-6,8,10,12H,2-4,7,13H2,1H3. The number of nitrogens with two attached hydrogens (primary N) is 1. The van der Waals surface area contributed by atoms with Gasteiger partial charge in [0, 0.05) is 24.4 Å². The van der Waals surface area contributed by atoms with Crippen molar-refractivity contribution in [2.45, 2.75) is 38.6 Å². The highest BCUT2D eigenvalue weighted by molar-refractivity contribution is 5.13. The molecule has 0 aliphatic heterocycles. The van der Waals surface area contributed by atoms with Gasteiger partial charge in [0.2, 0.25) is 0 Å². The van der Waals surface area contributed by atoms with Gasteiger partial charge in [-0.05, 0) is 37.3 Å². The fraction of sp³-hybridized carbons (Fsp3) is 0.583. The summed E-state index contributed by atoms with van der Waals surface area (Å²) in [5.41, 5.74) is 8.46. The summed E-state index contributed by atoms with van der Waals surface area (Å²) >= 11 is 0. The largest absolute Gasteiger partial charge is 0.327 e. The molecular formula is C12H18N2. The van der Waals surface area contributed by atoms with Crippen LogP contribution < -0.4 is 5.73 Å². The summed E-state index contributed by atoms with van der Waals surface area (Å²) in [5, 5.41) is 0. The maximum atomic E-state index is 6.11. The van der Waals surface area contributed by atoms with Crippen molar-refractivity contribution in [1.82, 2.24) is 4.98 Å². The Bertz CT molecular complexity index is 288. The van der Waals surface area contributed by atoms with E-state index in [1.165, 1.54) is 24.8 Å². The molecule has 76 valence electrons. The lowest BCUT2D eigenvalue weighted by molar-refractivity contribution is 0.259. The number of aryl methyl sites for hydroxylation is 1. The molecule has 0 spiro atoms. The third-order valence-electron chi connectivity index (χ3n) is 3.17. The molecule has 0 radical (unpaired) electrons.